The van der Waals surface area contributed by atoms with Crippen LogP contribution in [0.3, 0.4) is 0 Å². The van der Waals surface area contributed by atoms with E-state index in [9.17, 15) is 4.79 Å². The van der Waals surface area contributed by atoms with Crippen molar-refractivity contribution >= 4 is 5.78 Å². The summed E-state index contributed by atoms with van der Waals surface area (Å²) in [6.07, 6.45) is 4.07. The molecular formula is C24H22O. The molecule has 124 valence electrons. The number of rotatable bonds is 5. The molecule has 0 fully saturated rings. The lowest BCUT2D eigenvalue weighted by Crippen LogP contribution is -2.08. The number of carbonyl (C=O) groups is 1. The Kier molecular flexibility index (Phi) is 4.23. The molecule has 25 heavy (non-hydrogen) atoms. The van der Waals surface area contributed by atoms with Gasteiger partial charge in [-0.25, -0.2) is 0 Å². The van der Waals surface area contributed by atoms with Gasteiger partial charge in [-0.05, 0) is 47.1 Å². The highest BCUT2D eigenvalue weighted by Crippen LogP contribution is 2.38. The summed E-state index contributed by atoms with van der Waals surface area (Å²) < 4.78 is 0. The van der Waals surface area contributed by atoms with E-state index in [0.29, 0.717) is 0 Å². The summed E-state index contributed by atoms with van der Waals surface area (Å²) in [6, 6.07) is 22.7. The predicted octanol–water partition coefficient (Wildman–Crippen LogP) is 5.83. The van der Waals surface area contributed by atoms with Crippen LogP contribution in [-0.4, -0.2) is 5.78 Å². The quantitative estimate of drug-likeness (QED) is 0.422. The Morgan fingerprint density at radius 3 is 2.44 bits per heavy atom. The summed E-state index contributed by atoms with van der Waals surface area (Å²) in [5.74, 6) is 0.163. The molecule has 0 spiro atoms. The molecule has 0 amide bonds. The SMILES string of the molecule is CCCCc1ccccc1C(=O)c1cccc2c1Cc1ccccc1-2. The number of unbranched alkanes of at least 4 members (excludes halogenated alkanes) is 1. The van der Waals surface area contributed by atoms with Gasteiger partial charge in [0.05, 0.1) is 0 Å². The van der Waals surface area contributed by atoms with Crippen molar-refractivity contribution in [1.82, 2.24) is 0 Å². The highest BCUT2D eigenvalue weighted by molar-refractivity contribution is 6.12. The summed E-state index contributed by atoms with van der Waals surface area (Å²) in [6.45, 7) is 2.19. The smallest absolute Gasteiger partial charge is 0.193 e. The molecule has 3 aromatic carbocycles. The van der Waals surface area contributed by atoms with Crippen LogP contribution in [0.4, 0.5) is 0 Å². The maximum Gasteiger partial charge on any atom is 0.193 e. The molecule has 0 aromatic heterocycles. The average Bonchev–Trinajstić information content (AvgIpc) is 3.05. The van der Waals surface area contributed by atoms with E-state index < -0.39 is 0 Å². The van der Waals surface area contributed by atoms with Gasteiger partial charge in [0.25, 0.3) is 0 Å². The normalized spacial score (nSPS) is 11.9. The summed E-state index contributed by atoms with van der Waals surface area (Å²) >= 11 is 0. The Labute approximate surface area is 149 Å². The van der Waals surface area contributed by atoms with E-state index >= 15 is 0 Å². The molecule has 0 atom stereocenters. The van der Waals surface area contributed by atoms with Gasteiger partial charge < -0.3 is 0 Å². The number of fused-ring (bicyclic) bond motifs is 3. The fourth-order valence-corrected chi connectivity index (χ4v) is 3.84. The number of benzene rings is 3. The largest absolute Gasteiger partial charge is 0.289 e. The summed E-state index contributed by atoms with van der Waals surface area (Å²) in [5, 5.41) is 0. The maximum atomic E-state index is 13.3. The van der Waals surface area contributed by atoms with Crippen molar-refractivity contribution in [3.05, 3.63) is 94.5 Å². The first kappa shape index (κ1) is 15.8. The summed E-state index contributed by atoms with van der Waals surface area (Å²) in [5.41, 5.74) is 7.87. The van der Waals surface area contributed by atoms with Gasteiger partial charge in [-0.15, -0.1) is 0 Å². The van der Waals surface area contributed by atoms with Crippen LogP contribution in [-0.2, 0) is 12.8 Å². The van der Waals surface area contributed by atoms with Gasteiger partial charge in [0.2, 0.25) is 0 Å². The monoisotopic (exact) mass is 326 g/mol. The third-order valence-electron chi connectivity index (χ3n) is 5.16. The average molecular weight is 326 g/mol. The Balaban J connectivity index is 1.77. The zero-order valence-corrected chi connectivity index (χ0v) is 14.6. The molecule has 0 radical (unpaired) electrons. The Hall–Kier alpha value is -2.67. The molecule has 1 aliphatic rings. The molecule has 3 aromatic rings. The first-order valence-electron chi connectivity index (χ1n) is 9.12. The summed E-state index contributed by atoms with van der Waals surface area (Å²) in [4.78, 5) is 13.3. The van der Waals surface area contributed by atoms with Gasteiger partial charge in [0.15, 0.2) is 5.78 Å². The van der Waals surface area contributed by atoms with Crippen molar-refractivity contribution in [1.29, 1.82) is 0 Å². The molecule has 0 saturated heterocycles. The first-order chi connectivity index (χ1) is 12.3. The van der Waals surface area contributed by atoms with Crippen molar-refractivity contribution in [2.75, 3.05) is 0 Å². The van der Waals surface area contributed by atoms with Crippen LogP contribution in [0.15, 0.2) is 66.7 Å². The van der Waals surface area contributed by atoms with Crippen molar-refractivity contribution in [2.45, 2.75) is 32.6 Å². The van der Waals surface area contributed by atoms with Gasteiger partial charge in [-0.1, -0.05) is 80.1 Å². The van der Waals surface area contributed by atoms with Gasteiger partial charge >= 0.3 is 0 Å². The van der Waals surface area contributed by atoms with E-state index in [4.69, 9.17) is 0 Å². The molecule has 0 heterocycles. The van der Waals surface area contributed by atoms with Crippen LogP contribution in [0, 0.1) is 0 Å². The van der Waals surface area contributed by atoms with Crippen LogP contribution in [0.5, 0.6) is 0 Å². The van der Waals surface area contributed by atoms with Gasteiger partial charge in [-0.2, -0.15) is 0 Å². The third-order valence-corrected chi connectivity index (χ3v) is 5.16. The zero-order chi connectivity index (χ0) is 17.2. The number of ketones is 1. The number of hydrogen-bond acceptors (Lipinski definition) is 1. The van der Waals surface area contributed by atoms with Crippen molar-refractivity contribution in [3.63, 3.8) is 0 Å². The number of carbonyl (C=O) groups excluding carboxylic acids is 1. The minimum atomic E-state index is 0.163. The molecule has 0 saturated carbocycles. The van der Waals surface area contributed by atoms with E-state index in [0.717, 1.165) is 36.8 Å². The molecule has 1 nitrogen and oxygen atoms in total. The van der Waals surface area contributed by atoms with Crippen LogP contribution in [0.25, 0.3) is 11.1 Å². The number of hydrogen-bond donors (Lipinski definition) is 0. The highest BCUT2D eigenvalue weighted by Gasteiger charge is 2.24. The lowest BCUT2D eigenvalue weighted by atomic mass is 9.91. The van der Waals surface area contributed by atoms with E-state index in [1.54, 1.807) is 0 Å². The molecule has 1 aliphatic carbocycles. The topological polar surface area (TPSA) is 17.1 Å². The molecule has 0 bridgehead atoms. The Morgan fingerprint density at radius 1 is 0.840 bits per heavy atom. The van der Waals surface area contributed by atoms with E-state index in [1.165, 1.54) is 27.8 Å². The van der Waals surface area contributed by atoms with E-state index in [1.807, 2.05) is 30.3 Å². The Morgan fingerprint density at radius 2 is 1.56 bits per heavy atom. The van der Waals surface area contributed by atoms with Crippen molar-refractivity contribution < 1.29 is 4.79 Å². The van der Waals surface area contributed by atoms with Gasteiger partial charge in [0, 0.05) is 11.1 Å². The minimum Gasteiger partial charge on any atom is -0.289 e. The zero-order valence-electron chi connectivity index (χ0n) is 14.6. The molecule has 0 N–H and O–H groups in total. The van der Waals surface area contributed by atoms with Crippen LogP contribution in [0.2, 0.25) is 0 Å². The molecular weight excluding hydrogens is 304 g/mol. The van der Waals surface area contributed by atoms with Gasteiger partial charge in [-0.3, -0.25) is 4.79 Å². The highest BCUT2D eigenvalue weighted by atomic mass is 16.1. The summed E-state index contributed by atoms with van der Waals surface area (Å²) in [7, 11) is 0. The third kappa shape index (κ3) is 2.80. The second-order valence-electron chi connectivity index (χ2n) is 6.76. The molecule has 0 unspecified atom stereocenters. The fourth-order valence-electron chi connectivity index (χ4n) is 3.84. The van der Waals surface area contributed by atoms with Crippen LogP contribution < -0.4 is 0 Å². The standard InChI is InChI=1S/C24H22O/c1-2-3-9-17-10-4-7-13-20(17)24(25)22-15-8-14-21-19-12-6-5-11-18(19)16-23(21)22/h4-8,10-15H,2-3,9,16H2,1H3. The second-order valence-corrected chi connectivity index (χ2v) is 6.76. The van der Waals surface area contributed by atoms with Crippen molar-refractivity contribution in [2.24, 2.45) is 0 Å². The molecule has 1 heteroatoms. The molecule has 0 aliphatic heterocycles. The fraction of sp³-hybridized carbons (Fsp3) is 0.208. The van der Waals surface area contributed by atoms with Crippen LogP contribution in [0.1, 0.15) is 52.4 Å². The second kappa shape index (κ2) is 6.68. The lowest BCUT2D eigenvalue weighted by molar-refractivity contribution is 0.103. The molecule has 4 rings (SSSR count). The van der Waals surface area contributed by atoms with E-state index in [-0.39, 0.29) is 5.78 Å². The minimum absolute atomic E-state index is 0.163. The van der Waals surface area contributed by atoms with Gasteiger partial charge in [0.1, 0.15) is 0 Å². The lowest BCUT2D eigenvalue weighted by Gasteiger charge is -2.11. The predicted molar refractivity (Wildman–Crippen MR) is 103 cm³/mol. The van der Waals surface area contributed by atoms with E-state index in [2.05, 4.69) is 43.3 Å². The first-order valence-corrected chi connectivity index (χ1v) is 9.12. The maximum absolute atomic E-state index is 13.3. The van der Waals surface area contributed by atoms with Crippen molar-refractivity contribution in [3.8, 4) is 11.1 Å². The van der Waals surface area contributed by atoms with Crippen LogP contribution >= 0.6 is 0 Å². The Bertz CT molecular complexity index is 936. The number of aryl methyl sites for hydroxylation is 1.